The lowest BCUT2D eigenvalue weighted by Gasteiger charge is -2.29. The molecule has 160 valence electrons. The van der Waals surface area contributed by atoms with Crippen LogP contribution in [0.3, 0.4) is 0 Å². The van der Waals surface area contributed by atoms with E-state index in [-0.39, 0.29) is 12.4 Å². The Hall–Kier alpha value is -2.38. The summed E-state index contributed by atoms with van der Waals surface area (Å²) in [4.78, 5) is 26.5. The molecule has 0 saturated heterocycles. The van der Waals surface area contributed by atoms with Crippen LogP contribution in [-0.2, 0) is 9.53 Å². The van der Waals surface area contributed by atoms with E-state index in [2.05, 4.69) is 37.2 Å². The third kappa shape index (κ3) is 3.64. The highest BCUT2D eigenvalue weighted by Gasteiger charge is 2.43. The van der Waals surface area contributed by atoms with Crippen LogP contribution < -0.4 is 10.1 Å². The highest BCUT2D eigenvalue weighted by atomic mass is 79.9. The van der Waals surface area contributed by atoms with E-state index in [0.29, 0.717) is 34.8 Å². The maximum absolute atomic E-state index is 13.5. The van der Waals surface area contributed by atoms with E-state index in [1.165, 1.54) is 0 Å². The van der Waals surface area contributed by atoms with E-state index in [0.717, 1.165) is 25.8 Å². The summed E-state index contributed by atoms with van der Waals surface area (Å²) in [7, 11) is 0. The number of ether oxygens (including phenoxy) is 2. The number of halogens is 2. The molecule has 2 aromatic rings. The molecule has 1 heterocycles. The van der Waals surface area contributed by atoms with Crippen LogP contribution in [0.15, 0.2) is 62.2 Å². The first-order valence-corrected chi connectivity index (χ1v) is 11.6. The molecule has 4 rings (SSSR count). The normalized spacial score (nSPS) is 17.3. The van der Waals surface area contributed by atoms with Gasteiger partial charge in [-0.25, -0.2) is 4.79 Å². The predicted octanol–water partition coefficient (Wildman–Crippen LogP) is 5.74. The topological polar surface area (TPSA) is 64.6 Å². The fraction of sp³-hybridized carbons (Fsp3) is 0.250. The minimum atomic E-state index is -0.571. The average molecular weight is 547 g/mol. The Labute approximate surface area is 197 Å². The Morgan fingerprint density at radius 1 is 1.06 bits per heavy atom. The number of fused-ring (bicyclic) bond motifs is 2. The van der Waals surface area contributed by atoms with Crippen molar-refractivity contribution in [1.29, 1.82) is 0 Å². The van der Waals surface area contributed by atoms with Gasteiger partial charge >= 0.3 is 5.97 Å². The zero-order chi connectivity index (χ0) is 22.3. The molecule has 0 bridgehead atoms. The van der Waals surface area contributed by atoms with Gasteiger partial charge in [0.05, 0.1) is 33.4 Å². The highest BCUT2D eigenvalue weighted by Crippen LogP contribution is 2.48. The lowest BCUT2D eigenvalue weighted by Crippen LogP contribution is -2.29. The zero-order valence-corrected chi connectivity index (χ0v) is 20.5. The van der Waals surface area contributed by atoms with Crippen molar-refractivity contribution < 1.29 is 19.1 Å². The van der Waals surface area contributed by atoms with Gasteiger partial charge in [0.2, 0.25) is 0 Å². The number of benzene rings is 2. The Morgan fingerprint density at radius 2 is 1.71 bits per heavy atom. The van der Waals surface area contributed by atoms with E-state index in [4.69, 9.17) is 9.47 Å². The first-order valence-electron chi connectivity index (χ1n) is 10.0. The second-order valence-electron chi connectivity index (χ2n) is 7.23. The zero-order valence-electron chi connectivity index (χ0n) is 17.3. The first-order chi connectivity index (χ1) is 14.9. The molecule has 7 heteroatoms. The van der Waals surface area contributed by atoms with Gasteiger partial charge in [-0.3, -0.25) is 4.79 Å². The summed E-state index contributed by atoms with van der Waals surface area (Å²) < 4.78 is 12.6. The third-order valence-corrected chi connectivity index (χ3v) is 6.56. The summed E-state index contributed by atoms with van der Waals surface area (Å²) in [6.07, 6.45) is 0. The molecule has 31 heavy (non-hydrogen) atoms. The van der Waals surface area contributed by atoms with Gasteiger partial charge < -0.3 is 14.8 Å². The summed E-state index contributed by atoms with van der Waals surface area (Å²) in [5, 5.41) is 3.30. The predicted molar refractivity (Wildman–Crippen MR) is 126 cm³/mol. The number of hydrogen-bond acceptors (Lipinski definition) is 5. The number of rotatable bonds is 5. The molecule has 0 unspecified atom stereocenters. The van der Waals surface area contributed by atoms with E-state index in [9.17, 15) is 9.59 Å². The molecular formula is C24H21Br2NO4. The number of allylic oxidation sites excluding steroid dienone is 2. The maximum atomic E-state index is 13.5. The summed E-state index contributed by atoms with van der Waals surface area (Å²) in [6, 6.07) is 11.3. The number of Topliss-reactive ketones (excluding diaryl/α,β-unsaturated/α-hetero) is 1. The Balaban J connectivity index is 1.94. The second kappa shape index (κ2) is 8.63. The SMILES string of the molecule is CCOC(=O)C1=C(C)NC2=C(C(=O)c3ccccc32)[C@@H]1c1cc(Br)c(OCC)c(Br)c1. The van der Waals surface area contributed by atoms with Crippen molar-refractivity contribution in [2.24, 2.45) is 0 Å². The van der Waals surface area contributed by atoms with Gasteiger partial charge in [0, 0.05) is 28.3 Å². The van der Waals surface area contributed by atoms with E-state index in [1.54, 1.807) is 6.92 Å². The number of carbonyl (C=O) groups is 2. The van der Waals surface area contributed by atoms with Crippen molar-refractivity contribution in [3.8, 4) is 5.75 Å². The van der Waals surface area contributed by atoms with E-state index >= 15 is 0 Å². The van der Waals surface area contributed by atoms with Crippen LogP contribution in [0.1, 0.15) is 48.2 Å². The molecule has 1 aliphatic carbocycles. The summed E-state index contributed by atoms with van der Waals surface area (Å²) >= 11 is 7.16. The molecule has 0 amide bonds. The number of esters is 1. The summed E-state index contributed by atoms with van der Waals surface area (Å²) in [6.45, 7) is 6.28. The lowest BCUT2D eigenvalue weighted by molar-refractivity contribution is -0.138. The molecule has 1 atom stereocenters. The molecule has 2 aromatic carbocycles. The van der Waals surface area contributed by atoms with Crippen LogP contribution in [-0.4, -0.2) is 25.0 Å². The average Bonchev–Trinajstić information content (AvgIpc) is 3.02. The molecule has 0 saturated carbocycles. The molecular weight excluding hydrogens is 526 g/mol. The van der Waals surface area contributed by atoms with Crippen LogP contribution in [0.25, 0.3) is 5.70 Å². The molecule has 0 fully saturated rings. The van der Waals surface area contributed by atoms with Crippen LogP contribution in [0.2, 0.25) is 0 Å². The molecule has 1 aliphatic heterocycles. The molecule has 1 N–H and O–H groups in total. The molecule has 0 aromatic heterocycles. The van der Waals surface area contributed by atoms with Crippen molar-refractivity contribution in [1.82, 2.24) is 5.32 Å². The monoisotopic (exact) mass is 545 g/mol. The number of nitrogens with one attached hydrogen (secondary N) is 1. The standard InChI is InChI=1S/C24H21Br2NO4/c1-4-30-23-16(25)10-13(11-17(23)26)19-18(24(29)31-5-2)12(3)27-21-14-8-6-7-9-15(14)22(28)20(19)21/h6-11,19,27H,4-5H2,1-3H3/t19-/m1/s1. The van der Waals surface area contributed by atoms with Gasteiger partial charge in [-0.2, -0.15) is 0 Å². The lowest BCUT2D eigenvalue weighted by atomic mass is 9.80. The van der Waals surface area contributed by atoms with Gasteiger partial charge in [-0.1, -0.05) is 24.3 Å². The fourth-order valence-corrected chi connectivity index (χ4v) is 5.62. The fourth-order valence-electron chi connectivity index (χ4n) is 4.17. The van der Waals surface area contributed by atoms with Crippen LogP contribution in [0.5, 0.6) is 5.75 Å². The van der Waals surface area contributed by atoms with Crippen LogP contribution in [0.4, 0.5) is 0 Å². The number of hydrogen-bond donors (Lipinski definition) is 1. The van der Waals surface area contributed by atoms with E-state index in [1.807, 2.05) is 50.2 Å². The Morgan fingerprint density at radius 3 is 2.32 bits per heavy atom. The van der Waals surface area contributed by atoms with Crippen molar-refractivity contribution in [3.63, 3.8) is 0 Å². The molecule has 0 radical (unpaired) electrons. The first kappa shape index (κ1) is 21.8. The molecule has 0 spiro atoms. The quantitative estimate of drug-likeness (QED) is 0.484. The smallest absolute Gasteiger partial charge is 0.336 e. The van der Waals surface area contributed by atoms with Gasteiger partial charge in [-0.05, 0) is 70.3 Å². The second-order valence-corrected chi connectivity index (χ2v) is 8.94. The largest absolute Gasteiger partial charge is 0.492 e. The van der Waals surface area contributed by atoms with E-state index < -0.39 is 11.9 Å². The van der Waals surface area contributed by atoms with Crippen LogP contribution >= 0.6 is 31.9 Å². The maximum Gasteiger partial charge on any atom is 0.336 e. The highest BCUT2D eigenvalue weighted by molar-refractivity contribution is 9.11. The van der Waals surface area contributed by atoms with Gasteiger partial charge in [0.25, 0.3) is 0 Å². The minimum absolute atomic E-state index is 0.0847. The summed E-state index contributed by atoms with van der Waals surface area (Å²) in [5.41, 5.74) is 4.68. The van der Waals surface area contributed by atoms with Gasteiger partial charge in [0.15, 0.2) is 5.78 Å². The van der Waals surface area contributed by atoms with Crippen molar-refractivity contribution in [2.75, 3.05) is 13.2 Å². The number of carbonyl (C=O) groups excluding carboxylic acids is 2. The van der Waals surface area contributed by atoms with Gasteiger partial charge in [-0.15, -0.1) is 0 Å². The Bertz CT molecular complexity index is 1140. The number of dihydropyridines is 1. The Kier molecular flexibility index (Phi) is 6.08. The molecule has 2 aliphatic rings. The van der Waals surface area contributed by atoms with Crippen molar-refractivity contribution >= 4 is 49.3 Å². The van der Waals surface area contributed by atoms with Crippen molar-refractivity contribution in [2.45, 2.75) is 26.7 Å². The molecule has 5 nitrogen and oxygen atoms in total. The minimum Gasteiger partial charge on any atom is -0.492 e. The third-order valence-electron chi connectivity index (χ3n) is 5.39. The van der Waals surface area contributed by atoms with Crippen LogP contribution in [0, 0.1) is 0 Å². The van der Waals surface area contributed by atoms with Crippen molar-refractivity contribution in [3.05, 3.63) is 78.9 Å². The number of ketones is 1. The summed E-state index contributed by atoms with van der Waals surface area (Å²) in [5.74, 6) is -0.417. The van der Waals surface area contributed by atoms with Gasteiger partial charge in [0.1, 0.15) is 5.75 Å².